The highest BCUT2D eigenvalue weighted by Crippen LogP contribution is 2.15. The summed E-state index contributed by atoms with van der Waals surface area (Å²) in [4.78, 5) is 0. The van der Waals surface area contributed by atoms with Crippen LogP contribution >= 0.6 is 0 Å². The molecule has 0 aliphatic carbocycles. The lowest BCUT2D eigenvalue weighted by Gasteiger charge is -2.39. The van der Waals surface area contributed by atoms with E-state index in [0.717, 1.165) is 11.1 Å². The molecule has 0 amide bonds. The Balaban J connectivity index is 1.55. The summed E-state index contributed by atoms with van der Waals surface area (Å²) in [5, 5.41) is 27.1. The van der Waals surface area contributed by atoms with Gasteiger partial charge in [0, 0.05) is 13.1 Å². The van der Waals surface area contributed by atoms with Gasteiger partial charge in [0.2, 0.25) is 0 Å². The SMILES string of the molecule is O[C@@H]1[C@@H](NCc2ccccc2)[C@H](O)OC[C@H]1NCc1ccccc1. The Morgan fingerprint density at radius 3 is 1.96 bits per heavy atom. The molecule has 0 aromatic heterocycles. The minimum absolute atomic E-state index is 0.234. The van der Waals surface area contributed by atoms with E-state index >= 15 is 0 Å². The zero-order valence-corrected chi connectivity index (χ0v) is 13.5. The van der Waals surface area contributed by atoms with E-state index in [-0.39, 0.29) is 12.6 Å². The predicted molar refractivity (Wildman–Crippen MR) is 92.1 cm³/mol. The topological polar surface area (TPSA) is 73.8 Å². The average Bonchev–Trinajstić information content (AvgIpc) is 2.63. The van der Waals surface area contributed by atoms with E-state index in [0.29, 0.717) is 13.1 Å². The zero-order chi connectivity index (χ0) is 16.8. The second-order valence-corrected chi connectivity index (χ2v) is 6.08. The molecule has 0 bridgehead atoms. The molecule has 4 N–H and O–H groups in total. The van der Waals surface area contributed by atoms with Crippen LogP contribution in [-0.4, -0.2) is 41.3 Å². The van der Waals surface area contributed by atoms with Crippen LogP contribution in [0.3, 0.4) is 0 Å². The summed E-state index contributed by atoms with van der Waals surface area (Å²) in [5.41, 5.74) is 2.24. The molecular weight excluding hydrogens is 304 g/mol. The van der Waals surface area contributed by atoms with Crippen molar-refractivity contribution in [1.29, 1.82) is 0 Å². The summed E-state index contributed by atoms with van der Waals surface area (Å²) in [7, 11) is 0. The van der Waals surface area contributed by atoms with Crippen molar-refractivity contribution in [1.82, 2.24) is 10.6 Å². The monoisotopic (exact) mass is 328 g/mol. The van der Waals surface area contributed by atoms with Crippen LogP contribution in [-0.2, 0) is 17.8 Å². The smallest absolute Gasteiger partial charge is 0.172 e. The second kappa shape index (κ2) is 8.37. The molecule has 0 radical (unpaired) electrons. The van der Waals surface area contributed by atoms with E-state index in [1.807, 2.05) is 60.7 Å². The highest BCUT2D eigenvalue weighted by Gasteiger charge is 2.38. The van der Waals surface area contributed by atoms with Crippen molar-refractivity contribution in [2.45, 2.75) is 37.6 Å². The average molecular weight is 328 g/mol. The van der Waals surface area contributed by atoms with Gasteiger partial charge in [-0.05, 0) is 11.1 Å². The fourth-order valence-corrected chi connectivity index (χ4v) is 2.90. The molecule has 128 valence electrons. The number of nitrogens with one attached hydrogen (secondary N) is 2. The molecule has 2 aromatic carbocycles. The van der Waals surface area contributed by atoms with E-state index < -0.39 is 18.4 Å². The molecule has 0 unspecified atom stereocenters. The maximum absolute atomic E-state index is 10.6. The van der Waals surface area contributed by atoms with Crippen molar-refractivity contribution in [3.8, 4) is 0 Å². The van der Waals surface area contributed by atoms with Gasteiger partial charge < -0.3 is 25.6 Å². The number of benzene rings is 2. The molecule has 0 saturated carbocycles. The Labute approximate surface area is 142 Å². The first-order valence-corrected chi connectivity index (χ1v) is 8.26. The fourth-order valence-electron chi connectivity index (χ4n) is 2.90. The van der Waals surface area contributed by atoms with Gasteiger partial charge in [0.25, 0.3) is 0 Å². The Morgan fingerprint density at radius 2 is 1.38 bits per heavy atom. The number of hydrogen-bond acceptors (Lipinski definition) is 5. The quantitative estimate of drug-likeness (QED) is 0.637. The minimum Gasteiger partial charge on any atom is -0.390 e. The van der Waals surface area contributed by atoms with Gasteiger partial charge in [-0.15, -0.1) is 0 Å². The first kappa shape index (κ1) is 17.1. The molecule has 3 rings (SSSR count). The predicted octanol–water partition coefficient (Wildman–Crippen LogP) is 1.01. The Kier molecular flexibility index (Phi) is 5.96. The molecular formula is C19H24N2O3. The molecule has 1 aliphatic rings. The van der Waals surface area contributed by atoms with Gasteiger partial charge >= 0.3 is 0 Å². The first-order chi connectivity index (χ1) is 11.7. The van der Waals surface area contributed by atoms with E-state index in [2.05, 4.69) is 10.6 Å². The van der Waals surface area contributed by atoms with Crippen LogP contribution in [0.5, 0.6) is 0 Å². The maximum Gasteiger partial charge on any atom is 0.172 e. The van der Waals surface area contributed by atoms with Crippen molar-refractivity contribution >= 4 is 0 Å². The van der Waals surface area contributed by atoms with Gasteiger partial charge in [-0.2, -0.15) is 0 Å². The van der Waals surface area contributed by atoms with Crippen molar-refractivity contribution in [3.05, 3.63) is 71.8 Å². The van der Waals surface area contributed by atoms with Crippen LogP contribution < -0.4 is 10.6 Å². The van der Waals surface area contributed by atoms with Gasteiger partial charge in [-0.25, -0.2) is 0 Å². The normalized spacial score (nSPS) is 27.1. The van der Waals surface area contributed by atoms with Crippen LogP contribution in [0, 0.1) is 0 Å². The van der Waals surface area contributed by atoms with Crippen molar-refractivity contribution in [2.75, 3.05) is 6.61 Å². The number of hydrogen-bond donors (Lipinski definition) is 4. The van der Waals surface area contributed by atoms with Crippen LogP contribution in [0.1, 0.15) is 11.1 Å². The third-order valence-corrected chi connectivity index (χ3v) is 4.33. The van der Waals surface area contributed by atoms with Gasteiger partial charge in [0.05, 0.1) is 24.8 Å². The van der Waals surface area contributed by atoms with Crippen molar-refractivity contribution in [3.63, 3.8) is 0 Å². The standard InChI is InChI=1S/C19H24N2O3/c22-18-16(20-11-14-7-3-1-4-8-14)13-24-19(23)17(18)21-12-15-9-5-2-6-10-15/h1-10,16-23H,11-13H2/t16-,17-,18+,19-/m1/s1. The van der Waals surface area contributed by atoms with E-state index in [4.69, 9.17) is 4.74 Å². The van der Waals surface area contributed by atoms with Crippen LogP contribution in [0.2, 0.25) is 0 Å². The Bertz CT molecular complexity index is 609. The van der Waals surface area contributed by atoms with E-state index in [1.165, 1.54) is 0 Å². The number of aliphatic hydroxyl groups is 2. The maximum atomic E-state index is 10.6. The second-order valence-electron chi connectivity index (χ2n) is 6.08. The zero-order valence-electron chi connectivity index (χ0n) is 13.5. The minimum atomic E-state index is -1.02. The lowest BCUT2D eigenvalue weighted by atomic mass is 9.99. The number of ether oxygens (including phenoxy) is 1. The van der Waals surface area contributed by atoms with Crippen molar-refractivity contribution < 1.29 is 14.9 Å². The summed E-state index contributed by atoms with van der Waals surface area (Å²) in [6.07, 6.45) is -1.75. The summed E-state index contributed by atoms with van der Waals surface area (Å²) >= 11 is 0. The molecule has 5 nitrogen and oxygen atoms in total. The molecule has 0 spiro atoms. The first-order valence-electron chi connectivity index (χ1n) is 8.26. The molecule has 1 saturated heterocycles. The number of aliphatic hydroxyl groups excluding tert-OH is 2. The van der Waals surface area contributed by atoms with Crippen LogP contribution in [0.4, 0.5) is 0 Å². The van der Waals surface area contributed by atoms with E-state index in [9.17, 15) is 10.2 Å². The molecule has 24 heavy (non-hydrogen) atoms. The van der Waals surface area contributed by atoms with Crippen LogP contribution in [0.25, 0.3) is 0 Å². The van der Waals surface area contributed by atoms with Gasteiger partial charge in [-0.3, -0.25) is 0 Å². The molecule has 2 aromatic rings. The number of rotatable bonds is 6. The summed E-state index contributed by atoms with van der Waals surface area (Å²) < 4.78 is 5.42. The van der Waals surface area contributed by atoms with Crippen molar-refractivity contribution in [2.24, 2.45) is 0 Å². The lowest BCUT2D eigenvalue weighted by Crippen LogP contribution is -2.62. The fraction of sp³-hybridized carbons (Fsp3) is 0.368. The van der Waals surface area contributed by atoms with Gasteiger partial charge in [0.1, 0.15) is 0 Å². The summed E-state index contributed by atoms with van der Waals surface area (Å²) in [6, 6.07) is 19.1. The highest BCUT2D eigenvalue weighted by molar-refractivity contribution is 5.15. The molecule has 4 atom stereocenters. The molecule has 1 heterocycles. The highest BCUT2D eigenvalue weighted by atomic mass is 16.6. The largest absolute Gasteiger partial charge is 0.390 e. The van der Waals surface area contributed by atoms with Gasteiger partial charge in [0.15, 0.2) is 6.29 Å². The summed E-state index contributed by atoms with van der Waals surface area (Å²) in [6.45, 7) is 1.49. The molecule has 1 aliphatic heterocycles. The molecule has 5 heteroatoms. The lowest BCUT2D eigenvalue weighted by molar-refractivity contribution is -0.185. The molecule has 1 fully saturated rings. The van der Waals surface area contributed by atoms with Crippen LogP contribution in [0.15, 0.2) is 60.7 Å². The summed E-state index contributed by atoms with van der Waals surface area (Å²) in [5.74, 6) is 0. The third-order valence-electron chi connectivity index (χ3n) is 4.33. The Morgan fingerprint density at radius 1 is 0.833 bits per heavy atom. The van der Waals surface area contributed by atoms with Gasteiger partial charge in [-0.1, -0.05) is 60.7 Å². The third kappa shape index (κ3) is 4.41. The Hall–Kier alpha value is -1.76. The van der Waals surface area contributed by atoms with E-state index in [1.54, 1.807) is 0 Å².